The van der Waals surface area contributed by atoms with Gasteiger partial charge in [-0.05, 0) is 86.1 Å². The van der Waals surface area contributed by atoms with Crippen LogP contribution in [-0.2, 0) is 4.79 Å². The number of allylic oxidation sites excluding steroid dienone is 1. The van der Waals surface area contributed by atoms with Gasteiger partial charge in [0.2, 0.25) is 0 Å². The molecule has 1 heterocycles. The predicted molar refractivity (Wildman–Crippen MR) is 144 cm³/mol. The van der Waals surface area contributed by atoms with Crippen LogP contribution in [0.2, 0.25) is 0 Å². The maximum Gasteiger partial charge on any atom is 0.146 e. The van der Waals surface area contributed by atoms with E-state index < -0.39 is 0 Å². The number of nitrogens with one attached hydrogen (secondary N) is 2. The van der Waals surface area contributed by atoms with Gasteiger partial charge in [0.05, 0.1) is 5.69 Å². The Morgan fingerprint density at radius 3 is 2.56 bits per heavy atom. The molecule has 0 spiro atoms. The fraction of sp³-hybridized carbons (Fsp3) is 0.516. The molecule has 1 saturated carbocycles. The molecule has 0 aromatic heterocycles. The summed E-state index contributed by atoms with van der Waals surface area (Å²) in [6.07, 6.45) is 7.81. The van der Waals surface area contributed by atoms with E-state index in [2.05, 4.69) is 24.1 Å². The number of benzene rings is 2. The minimum atomic E-state index is -0.275. The average molecular weight is 495 g/mol. The summed E-state index contributed by atoms with van der Waals surface area (Å²) in [5.41, 5.74) is 3.38. The van der Waals surface area contributed by atoms with Gasteiger partial charge in [-0.25, -0.2) is 8.78 Å². The molecule has 0 radical (unpaired) electrons. The molecular formula is C31H40F2N2O. The molecule has 2 aliphatic rings. The normalized spacial score (nSPS) is 26.8. The first kappa shape index (κ1) is 26.4. The zero-order valence-electron chi connectivity index (χ0n) is 21.7. The van der Waals surface area contributed by atoms with E-state index in [4.69, 9.17) is 0 Å². The Labute approximate surface area is 214 Å². The maximum absolute atomic E-state index is 14.3. The van der Waals surface area contributed by atoms with Crippen LogP contribution in [0.4, 0.5) is 20.2 Å². The third-order valence-electron chi connectivity index (χ3n) is 8.57. The van der Waals surface area contributed by atoms with Gasteiger partial charge in [0, 0.05) is 23.8 Å². The summed E-state index contributed by atoms with van der Waals surface area (Å²) in [5.74, 6) is 0.982. The van der Waals surface area contributed by atoms with Gasteiger partial charge in [0.25, 0.3) is 0 Å². The molecule has 1 aliphatic carbocycles. The summed E-state index contributed by atoms with van der Waals surface area (Å²) >= 11 is 0. The molecule has 2 aromatic rings. The first-order valence-electron chi connectivity index (χ1n) is 13.6. The lowest BCUT2D eigenvalue weighted by Crippen LogP contribution is -2.38. The van der Waals surface area contributed by atoms with Crippen LogP contribution in [0.5, 0.6) is 0 Å². The minimum Gasteiger partial charge on any atom is -0.384 e. The highest BCUT2D eigenvalue weighted by molar-refractivity contribution is 5.78. The van der Waals surface area contributed by atoms with E-state index in [0.29, 0.717) is 17.5 Å². The van der Waals surface area contributed by atoms with Crippen molar-refractivity contribution in [2.75, 3.05) is 17.2 Å². The SMILES string of the molecule is C=C(Nc1ccccc1F)C1CCCCC(C(C)=O)[C@H](CC)C2CNc3cc(F)ccc3C2CCC1. The number of para-hydroxylation sites is 1. The number of ketones is 1. The van der Waals surface area contributed by atoms with Gasteiger partial charge in [-0.1, -0.05) is 57.4 Å². The van der Waals surface area contributed by atoms with Crippen molar-refractivity contribution in [3.05, 3.63) is 71.9 Å². The molecule has 3 nitrogen and oxygen atoms in total. The van der Waals surface area contributed by atoms with Crippen LogP contribution in [-0.4, -0.2) is 12.3 Å². The Morgan fingerprint density at radius 1 is 1.06 bits per heavy atom. The molecule has 0 amide bonds. The van der Waals surface area contributed by atoms with Gasteiger partial charge < -0.3 is 10.6 Å². The van der Waals surface area contributed by atoms with Crippen molar-refractivity contribution in [3.8, 4) is 0 Å². The molecule has 0 bridgehead atoms. The van der Waals surface area contributed by atoms with Crippen LogP contribution in [0.25, 0.3) is 0 Å². The van der Waals surface area contributed by atoms with Crippen LogP contribution in [0.3, 0.4) is 0 Å². The van der Waals surface area contributed by atoms with Crippen molar-refractivity contribution < 1.29 is 13.6 Å². The average Bonchev–Trinajstić information content (AvgIpc) is 2.85. The van der Waals surface area contributed by atoms with E-state index in [1.54, 1.807) is 31.2 Å². The molecule has 1 aliphatic heterocycles. The first-order chi connectivity index (χ1) is 17.4. The molecule has 36 heavy (non-hydrogen) atoms. The van der Waals surface area contributed by atoms with Crippen LogP contribution >= 0.6 is 0 Å². The number of anilines is 2. The third kappa shape index (κ3) is 5.99. The van der Waals surface area contributed by atoms with Crippen molar-refractivity contribution in [2.24, 2.45) is 23.7 Å². The summed E-state index contributed by atoms with van der Waals surface area (Å²) in [6, 6.07) is 11.8. The quantitative estimate of drug-likeness (QED) is 0.439. The molecule has 4 unspecified atom stereocenters. The molecule has 0 saturated heterocycles. The van der Waals surface area contributed by atoms with Gasteiger partial charge >= 0.3 is 0 Å². The summed E-state index contributed by atoms with van der Waals surface area (Å²) in [7, 11) is 0. The third-order valence-corrected chi connectivity index (χ3v) is 8.57. The molecule has 2 aromatic carbocycles. The van der Waals surface area contributed by atoms with Crippen LogP contribution in [0, 0.1) is 35.3 Å². The monoisotopic (exact) mass is 494 g/mol. The summed E-state index contributed by atoms with van der Waals surface area (Å²) in [4.78, 5) is 12.8. The van der Waals surface area contributed by atoms with E-state index in [9.17, 15) is 13.6 Å². The minimum absolute atomic E-state index is 0.0453. The van der Waals surface area contributed by atoms with Crippen molar-refractivity contribution >= 4 is 17.2 Å². The second kappa shape index (κ2) is 12.0. The molecule has 2 N–H and O–H groups in total. The molecule has 194 valence electrons. The highest BCUT2D eigenvalue weighted by Crippen LogP contribution is 2.46. The number of Topliss-reactive ketones (excluding diaryl/α,β-unsaturated/α-hetero) is 1. The maximum atomic E-state index is 14.3. The number of fused-ring (bicyclic) bond motifs is 3. The fourth-order valence-corrected chi connectivity index (χ4v) is 6.70. The Kier molecular flexibility index (Phi) is 8.81. The number of carbonyl (C=O) groups excluding carboxylic acids is 1. The molecule has 1 fully saturated rings. The Hall–Kier alpha value is -2.69. The second-order valence-electron chi connectivity index (χ2n) is 10.7. The molecule has 5 heteroatoms. The predicted octanol–water partition coefficient (Wildman–Crippen LogP) is 8.31. The largest absolute Gasteiger partial charge is 0.384 e. The second-order valence-corrected chi connectivity index (χ2v) is 10.7. The lowest BCUT2D eigenvalue weighted by molar-refractivity contribution is -0.123. The number of rotatable bonds is 5. The zero-order chi connectivity index (χ0) is 25.7. The fourth-order valence-electron chi connectivity index (χ4n) is 6.70. The van der Waals surface area contributed by atoms with E-state index >= 15 is 0 Å². The van der Waals surface area contributed by atoms with E-state index in [1.807, 2.05) is 12.1 Å². The Balaban J connectivity index is 1.59. The Morgan fingerprint density at radius 2 is 1.81 bits per heavy atom. The van der Waals surface area contributed by atoms with Crippen LogP contribution in [0.15, 0.2) is 54.7 Å². The van der Waals surface area contributed by atoms with Gasteiger partial charge in [0.1, 0.15) is 17.4 Å². The molecule has 4 rings (SSSR count). The zero-order valence-corrected chi connectivity index (χ0v) is 21.7. The number of hydrogen-bond acceptors (Lipinski definition) is 3. The number of halogens is 2. The number of hydrogen-bond donors (Lipinski definition) is 2. The highest BCUT2D eigenvalue weighted by Gasteiger charge is 2.39. The highest BCUT2D eigenvalue weighted by atomic mass is 19.1. The van der Waals surface area contributed by atoms with Crippen molar-refractivity contribution in [3.63, 3.8) is 0 Å². The lowest BCUT2D eigenvalue weighted by Gasteiger charge is -2.42. The van der Waals surface area contributed by atoms with Crippen molar-refractivity contribution in [1.29, 1.82) is 0 Å². The van der Waals surface area contributed by atoms with E-state index in [-0.39, 0.29) is 35.2 Å². The van der Waals surface area contributed by atoms with Crippen molar-refractivity contribution in [2.45, 2.75) is 71.1 Å². The van der Waals surface area contributed by atoms with E-state index in [1.165, 1.54) is 11.6 Å². The Bertz CT molecular complexity index is 1070. The smallest absolute Gasteiger partial charge is 0.146 e. The topological polar surface area (TPSA) is 41.1 Å². The summed E-state index contributed by atoms with van der Waals surface area (Å²) in [5, 5.41) is 6.73. The van der Waals surface area contributed by atoms with Crippen LogP contribution < -0.4 is 10.6 Å². The van der Waals surface area contributed by atoms with Gasteiger partial charge in [-0.15, -0.1) is 0 Å². The van der Waals surface area contributed by atoms with Crippen molar-refractivity contribution in [1.82, 2.24) is 0 Å². The first-order valence-corrected chi connectivity index (χ1v) is 13.6. The standard InChI is InChI=1S/C31H40F2N2O/c1-4-24-25(21(3)36)12-6-5-10-22(20(2)35-30-15-8-7-14-29(30)33)11-9-13-26-27-17-16-23(32)18-31(27)34-19-28(24)26/h7-8,14-18,22,24-26,28,34-35H,2,4-6,9-13,19H2,1,3H3/t22?,24-,25?,26?,28?/m0/s1. The van der Waals surface area contributed by atoms with Gasteiger partial charge in [0.15, 0.2) is 0 Å². The number of carbonyl (C=O) groups is 1. The van der Waals surface area contributed by atoms with Crippen LogP contribution in [0.1, 0.15) is 76.7 Å². The summed E-state index contributed by atoms with van der Waals surface area (Å²) in [6.45, 7) is 9.02. The van der Waals surface area contributed by atoms with Gasteiger partial charge in [-0.3, -0.25) is 4.79 Å². The van der Waals surface area contributed by atoms with Gasteiger partial charge in [-0.2, -0.15) is 0 Å². The lowest BCUT2D eigenvalue weighted by atomic mass is 9.66. The molecule has 5 atom stereocenters. The van der Waals surface area contributed by atoms with E-state index in [0.717, 1.165) is 69.3 Å². The molecular weight excluding hydrogens is 454 g/mol. The summed E-state index contributed by atoms with van der Waals surface area (Å²) < 4.78 is 28.3.